The molecule has 2 aromatic rings. The molecule has 0 atom stereocenters. The lowest BCUT2D eigenvalue weighted by atomic mass is 10.1. The second-order valence-electron chi connectivity index (χ2n) is 6.57. The quantitative estimate of drug-likeness (QED) is 0.737. The molecule has 1 aliphatic heterocycles. The summed E-state index contributed by atoms with van der Waals surface area (Å²) in [6.07, 6.45) is 0. The number of anilines is 1. The summed E-state index contributed by atoms with van der Waals surface area (Å²) < 4.78 is 32.5. The minimum absolute atomic E-state index is 0.0324. The van der Waals surface area contributed by atoms with Gasteiger partial charge >= 0.3 is 5.97 Å². The van der Waals surface area contributed by atoms with Crippen LogP contribution in [0, 0.1) is 13.8 Å². The fourth-order valence-electron chi connectivity index (χ4n) is 3.25. The topological polar surface area (TPSA) is 95.6 Å². The maximum Gasteiger partial charge on any atom is 0.343 e. The summed E-state index contributed by atoms with van der Waals surface area (Å²) in [6.45, 7) is 6.99. The van der Waals surface area contributed by atoms with E-state index in [0.717, 1.165) is 11.3 Å². The molecule has 1 saturated heterocycles. The van der Waals surface area contributed by atoms with E-state index in [0.29, 0.717) is 23.8 Å². The van der Waals surface area contributed by atoms with Gasteiger partial charge in [-0.05, 0) is 38.5 Å². The van der Waals surface area contributed by atoms with Crippen LogP contribution >= 0.6 is 11.6 Å². The SMILES string of the molecule is CCOC(=O)c1c(S(=O)(=O)N2CCN(c3cc(Cl)ccc3C)CC2)n[nH]c1C. The molecule has 1 N–H and O–H groups in total. The van der Waals surface area contributed by atoms with Gasteiger partial charge < -0.3 is 9.64 Å². The molecule has 152 valence electrons. The van der Waals surface area contributed by atoms with Gasteiger partial charge in [0.05, 0.1) is 6.61 Å². The van der Waals surface area contributed by atoms with Crippen molar-refractivity contribution in [2.45, 2.75) is 25.8 Å². The number of aromatic amines is 1. The van der Waals surface area contributed by atoms with E-state index in [1.165, 1.54) is 4.31 Å². The molecule has 0 unspecified atom stereocenters. The molecule has 0 aliphatic carbocycles. The van der Waals surface area contributed by atoms with Gasteiger partial charge in [0, 0.05) is 42.6 Å². The van der Waals surface area contributed by atoms with E-state index in [1.54, 1.807) is 13.8 Å². The van der Waals surface area contributed by atoms with Crippen LogP contribution in [0.1, 0.15) is 28.5 Å². The van der Waals surface area contributed by atoms with Crippen LogP contribution in [0.2, 0.25) is 5.02 Å². The second kappa shape index (κ2) is 8.10. The molecule has 0 saturated carbocycles. The zero-order chi connectivity index (χ0) is 20.5. The molecule has 0 radical (unpaired) electrons. The molecular formula is C18H23ClN4O4S. The van der Waals surface area contributed by atoms with Crippen LogP contribution in [0.25, 0.3) is 0 Å². The van der Waals surface area contributed by atoms with Crippen LogP contribution in [0.15, 0.2) is 23.2 Å². The first kappa shape index (κ1) is 20.6. The molecular weight excluding hydrogens is 404 g/mol. The van der Waals surface area contributed by atoms with E-state index >= 15 is 0 Å². The first-order valence-corrected chi connectivity index (χ1v) is 10.8. The third-order valence-electron chi connectivity index (χ3n) is 4.73. The Morgan fingerprint density at radius 2 is 1.93 bits per heavy atom. The first-order chi connectivity index (χ1) is 13.3. The van der Waals surface area contributed by atoms with Crippen molar-refractivity contribution in [3.05, 3.63) is 40.0 Å². The number of halogens is 1. The monoisotopic (exact) mass is 426 g/mol. The highest BCUT2D eigenvalue weighted by atomic mass is 35.5. The number of hydrogen-bond donors (Lipinski definition) is 1. The highest BCUT2D eigenvalue weighted by molar-refractivity contribution is 7.89. The van der Waals surface area contributed by atoms with Gasteiger partial charge in [0.2, 0.25) is 5.03 Å². The number of aryl methyl sites for hydroxylation is 2. The zero-order valence-electron chi connectivity index (χ0n) is 16.0. The Balaban J connectivity index is 1.81. The number of nitrogens with zero attached hydrogens (tertiary/aromatic N) is 3. The lowest BCUT2D eigenvalue weighted by Gasteiger charge is -2.35. The average molecular weight is 427 g/mol. The predicted molar refractivity (Wildman–Crippen MR) is 106 cm³/mol. The molecule has 1 aromatic carbocycles. The van der Waals surface area contributed by atoms with Crippen molar-refractivity contribution in [1.82, 2.24) is 14.5 Å². The Bertz CT molecular complexity index is 981. The summed E-state index contributed by atoms with van der Waals surface area (Å²) in [6, 6.07) is 5.66. The number of esters is 1. The second-order valence-corrected chi connectivity index (χ2v) is 8.86. The smallest absolute Gasteiger partial charge is 0.343 e. The number of carbonyl (C=O) groups excluding carboxylic acids is 1. The molecule has 1 aliphatic rings. The fraction of sp³-hybridized carbons (Fsp3) is 0.444. The summed E-state index contributed by atoms with van der Waals surface area (Å²) in [5.41, 5.74) is 2.40. The standard InChI is InChI=1S/C18H23ClN4O4S/c1-4-27-18(24)16-13(3)20-21-17(16)28(25,26)23-9-7-22(8-10-23)15-11-14(19)6-5-12(15)2/h5-6,11H,4,7-10H2,1-3H3,(H,20,21). The normalized spacial score (nSPS) is 15.6. The number of piperazine rings is 1. The molecule has 10 heteroatoms. The van der Waals surface area contributed by atoms with Crippen LogP contribution in [0.4, 0.5) is 5.69 Å². The number of carbonyl (C=O) groups is 1. The fourth-order valence-corrected chi connectivity index (χ4v) is 4.96. The zero-order valence-corrected chi connectivity index (χ0v) is 17.6. The molecule has 0 bridgehead atoms. The number of hydrogen-bond acceptors (Lipinski definition) is 6. The van der Waals surface area contributed by atoms with Crippen LogP contribution in [0.5, 0.6) is 0 Å². The Kier molecular flexibility index (Phi) is 5.97. The van der Waals surface area contributed by atoms with Crippen LogP contribution in [-0.2, 0) is 14.8 Å². The maximum atomic E-state index is 13.1. The molecule has 0 spiro atoms. The number of benzene rings is 1. The summed E-state index contributed by atoms with van der Waals surface area (Å²) in [7, 11) is -3.92. The lowest BCUT2D eigenvalue weighted by Crippen LogP contribution is -2.49. The number of sulfonamides is 1. The predicted octanol–water partition coefficient (Wildman–Crippen LogP) is 2.37. The molecule has 2 heterocycles. The number of H-pyrrole nitrogens is 1. The molecule has 3 rings (SSSR count). The van der Waals surface area contributed by atoms with Gasteiger partial charge in [-0.25, -0.2) is 13.2 Å². The van der Waals surface area contributed by atoms with Gasteiger partial charge in [0.1, 0.15) is 5.56 Å². The minimum Gasteiger partial charge on any atom is -0.462 e. The van der Waals surface area contributed by atoms with E-state index in [1.807, 2.05) is 25.1 Å². The van der Waals surface area contributed by atoms with Crippen molar-refractivity contribution in [2.24, 2.45) is 0 Å². The summed E-state index contributed by atoms with van der Waals surface area (Å²) >= 11 is 6.10. The largest absolute Gasteiger partial charge is 0.462 e. The van der Waals surface area contributed by atoms with E-state index in [9.17, 15) is 13.2 Å². The van der Waals surface area contributed by atoms with E-state index in [2.05, 4.69) is 15.1 Å². The first-order valence-electron chi connectivity index (χ1n) is 8.99. The summed E-state index contributed by atoms with van der Waals surface area (Å²) in [5, 5.41) is 6.83. The Morgan fingerprint density at radius 3 is 2.57 bits per heavy atom. The van der Waals surface area contributed by atoms with Crippen LogP contribution in [0.3, 0.4) is 0 Å². The average Bonchev–Trinajstić information content (AvgIpc) is 3.06. The van der Waals surface area contributed by atoms with Crippen molar-refractivity contribution in [1.29, 1.82) is 0 Å². The molecule has 8 nitrogen and oxygen atoms in total. The summed E-state index contributed by atoms with van der Waals surface area (Å²) in [4.78, 5) is 14.3. The van der Waals surface area contributed by atoms with Gasteiger partial charge in [-0.15, -0.1) is 0 Å². The molecule has 1 fully saturated rings. The van der Waals surface area contributed by atoms with Crippen molar-refractivity contribution < 1.29 is 17.9 Å². The maximum absolute atomic E-state index is 13.1. The number of nitrogens with one attached hydrogen (secondary N) is 1. The Labute approximate surface area is 169 Å². The lowest BCUT2D eigenvalue weighted by molar-refractivity contribution is 0.0520. The number of aromatic nitrogens is 2. The highest BCUT2D eigenvalue weighted by Crippen LogP contribution is 2.27. The van der Waals surface area contributed by atoms with E-state index in [-0.39, 0.29) is 30.3 Å². The van der Waals surface area contributed by atoms with Crippen molar-refractivity contribution in [2.75, 3.05) is 37.7 Å². The van der Waals surface area contributed by atoms with Gasteiger partial charge in [0.15, 0.2) is 0 Å². The van der Waals surface area contributed by atoms with Gasteiger partial charge in [-0.1, -0.05) is 17.7 Å². The molecule has 1 aromatic heterocycles. The van der Waals surface area contributed by atoms with Gasteiger partial charge in [-0.2, -0.15) is 9.40 Å². The van der Waals surface area contributed by atoms with Crippen molar-refractivity contribution in [3.63, 3.8) is 0 Å². The third-order valence-corrected chi connectivity index (χ3v) is 6.79. The van der Waals surface area contributed by atoms with E-state index in [4.69, 9.17) is 16.3 Å². The van der Waals surface area contributed by atoms with E-state index < -0.39 is 16.0 Å². The molecule has 0 amide bonds. The van der Waals surface area contributed by atoms with Crippen molar-refractivity contribution >= 4 is 33.3 Å². The molecule has 28 heavy (non-hydrogen) atoms. The third kappa shape index (κ3) is 3.87. The Morgan fingerprint density at radius 1 is 1.25 bits per heavy atom. The van der Waals surface area contributed by atoms with Gasteiger partial charge in [-0.3, -0.25) is 5.10 Å². The number of rotatable bonds is 5. The van der Waals surface area contributed by atoms with Crippen molar-refractivity contribution in [3.8, 4) is 0 Å². The Hall–Kier alpha value is -2.10. The van der Waals surface area contributed by atoms with Crippen LogP contribution in [-0.4, -0.2) is 61.7 Å². The van der Waals surface area contributed by atoms with Gasteiger partial charge in [0.25, 0.3) is 10.0 Å². The summed E-state index contributed by atoms with van der Waals surface area (Å²) in [5.74, 6) is -0.694. The number of ether oxygens (including phenoxy) is 1. The highest BCUT2D eigenvalue weighted by Gasteiger charge is 2.35. The minimum atomic E-state index is -3.92. The van der Waals surface area contributed by atoms with Crippen LogP contribution < -0.4 is 4.90 Å².